The number of thiophene rings is 2. The summed E-state index contributed by atoms with van der Waals surface area (Å²) in [5.74, 6) is 0.746. The Morgan fingerprint density at radius 1 is 0.380 bits per heavy atom. The van der Waals surface area contributed by atoms with Crippen molar-refractivity contribution in [3.63, 3.8) is 0 Å². The first-order valence-corrected chi connectivity index (χ1v) is 18.9. The van der Waals surface area contributed by atoms with Crippen LogP contribution >= 0.6 is 34.2 Å². The molecule has 0 N–H and O–H groups in total. The number of aromatic nitrogens is 2. The van der Waals surface area contributed by atoms with Crippen molar-refractivity contribution < 1.29 is 0 Å². The molecular formula is C44H27N3S3. The van der Waals surface area contributed by atoms with Gasteiger partial charge in [-0.1, -0.05) is 84.9 Å². The average Bonchev–Trinajstić information content (AvgIpc) is 3.91. The molecule has 3 heterocycles. The highest BCUT2D eigenvalue weighted by Gasteiger charge is 2.17. The minimum Gasteiger partial charge on any atom is -0.310 e. The number of benzene rings is 7. The van der Waals surface area contributed by atoms with Crippen molar-refractivity contribution in [2.24, 2.45) is 0 Å². The van der Waals surface area contributed by atoms with Gasteiger partial charge in [-0.15, -0.1) is 22.7 Å². The predicted octanol–water partition coefficient (Wildman–Crippen LogP) is 13.7. The second-order valence-electron chi connectivity index (χ2n) is 12.3. The SMILES string of the molecule is c1ccc(-c2cccc(N(c3ccc(-c4nsc(-c5ccc6sc7ccccc7c6c5)n4)cc3)c3ccc4sc5ccccc5c4c3)c2)cc1. The molecule has 6 heteroatoms. The van der Waals surface area contributed by atoms with Gasteiger partial charge in [0.2, 0.25) is 0 Å². The van der Waals surface area contributed by atoms with E-state index in [4.69, 9.17) is 9.36 Å². The van der Waals surface area contributed by atoms with Crippen LogP contribution in [0.5, 0.6) is 0 Å². The zero-order chi connectivity index (χ0) is 33.0. The van der Waals surface area contributed by atoms with E-state index in [-0.39, 0.29) is 0 Å². The van der Waals surface area contributed by atoms with Gasteiger partial charge < -0.3 is 4.90 Å². The first kappa shape index (κ1) is 29.3. The van der Waals surface area contributed by atoms with Gasteiger partial charge in [-0.25, -0.2) is 4.98 Å². The van der Waals surface area contributed by atoms with Crippen LogP contribution in [0.3, 0.4) is 0 Å². The van der Waals surface area contributed by atoms with Gasteiger partial charge in [0.05, 0.1) is 0 Å². The molecule has 3 nitrogen and oxygen atoms in total. The molecule has 0 saturated heterocycles. The van der Waals surface area contributed by atoms with Crippen LogP contribution < -0.4 is 4.90 Å². The highest BCUT2D eigenvalue weighted by atomic mass is 32.1. The van der Waals surface area contributed by atoms with Crippen LogP contribution in [0, 0.1) is 0 Å². The lowest BCUT2D eigenvalue weighted by molar-refractivity contribution is 1.28. The first-order chi connectivity index (χ1) is 24.7. The van der Waals surface area contributed by atoms with Crippen molar-refractivity contribution in [1.82, 2.24) is 9.36 Å². The molecule has 0 radical (unpaired) electrons. The minimum absolute atomic E-state index is 0.746. The van der Waals surface area contributed by atoms with Crippen LogP contribution in [-0.2, 0) is 0 Å². The van der Waals surface area contributed by atoms with Gasteiger partial charge in [0.15, 0.2) is 5.82 Å². The smallest absolute Gasteiger partial charge is 0.173 e. The fourth-order valence-corrected chi connectivity index (χ4v) is 9.68. The highest BCUT2D eigenvalue weighted by molar-refractivity contribution is 7.26. The molecule has 0 aliphatic carbocycles. The van der Waals surface area contributed by atoms with Crippen LogP contribution in [0.1, 0.15) is 0 Å². The van der Waals surface area contributed by atoms with Crippen molar-refractivity contribution >= 4 is 91.6 Å². The summed E-state index contributed by atoms with van der Waals surface area (Å²) in [5, 5.41) is 6.06. The summed E-state index contributed by atoms with van der Waals surface area (Å²) in [7, 11) is 0. The maximum Gasteiger partial charge on any atom is 0.173 e. The Labute approximate surface area is 301 Å². The van der Waals surface area contributed by atoms with Crippen LogP contribution in [-0.4, -0.2) is 9.36 Å². The molecule has 0 aliphatic rings. The quantitative estimate of drug-likeness (QED) is 0.174. The van der Waals surface area contributed by atoms with E-state index >= 15 is 0 Å². The molecule has 236 valence electrons. The normalized spacial score (nSPS) is 11.6. The van der Waals surface area contributed by atoms with E-state index in [1.165, 1.54) is 63.0 Å². The number of hydrogen-bond donors (Lipinski definition) is 0. The predicted molar refractivity (Wildman–Crippen MR) is 217 cm³/mol. The number of rotatable bonds is 6. The zero-order valence-electron chi connectivity index (χ0n) is 26.7. The molecule has 0 spiro atoms. The van der Waals surface area contributed by atoms with Crippen LogP contribution in [0.25, 0.3) is 73.4 Å². The maximum atomic E-state index is 5.01. The first-order valence-electron chi connectivity index (χ1n) is 16.5. The Morgan fingerprint density at radius 3 is 1.72 bits per heavy atom. The average molecular weight is 694 g/mol. The maximum absolute atomic E-state index is 5.01. The topological polar surface area (TPSA) is 29.0 Å². The molecule has 50 heavy (non-hydrogen) atoms. The third kappa shape index (κ3) is 5.08. The summed E-state index contributed by atoms with van der Waals surface area (Å²) >= 11 is 5.13. The largest absolute Gasteiger partial charge is 0.310 e. The molecule has 7 aromatic carbocycles. The molecule has 0 atom stereocenters. The van der Waals surface area contributed by atoms with Crippen molar-refractivity contribution in [3.8, 4) is 33.1 Å². The van der Waals surface area contributed by atoms with E-state index in [2.05, 4.69) is 169 Å². The Morgan fingerprint density at radius 2 is 0.960 bits per heavy atom. The second kappa shape index (κ2) is 12.0. The molecule has 10 aromatic rings. The summed E-state index contributed by atoms with van der Waals surface area (Å²) < 4.78 is 10.0. The van der Waals surface area contributed by atoms with Crippen LogP contribution in [0.4, 0.5) is 17.1 Å². The third-order valence-corrected chi connectivity index (χ3v) is 12.3. The number of nitrogens with zero attached hydrogens (tertiary/aromatic N) is 3. The lowest BCUT2D eigenvalue weighted by atomic mass is 10.0. The standard InChI is InChI=1S/C44H27N3S3/c1-2-9-28(10-3-1)30-11-8-12-33(25-30)47(34-22-24-42-38(27-34)36-14-5-7-16-40(36)49-42)32-20-17-29(18-21-32)43-45-44(50-46-43)31-19-23-41-37(26-31)35-13-4-6-15-39(35)48-41/h1-27H. The van der Waals surface area contributed by atoms with E-state index in [9.17, 15) is 0 Å². The molecule has 0 bridgehead atoms. The van der Waals surface area contributed by atoms with Crippen LogP contribution in [0.2, 0.25) is 0 Å². The summed E-state index contributed by atoms with van der Waals surface area (Å²) in [6, 6.07) is 58.8. The summed E-state index contributed by atoms with van der Waals surface area (Å²) in [6.45, 7) is 0. The van der Waals surface area contributed by atoms with Crippen molar-refractivity contribution in [1.29, 1.82) is 0 Å². The summed E-state index contributed by atoms with van der Waals surface area (Å²) in [5.41, 5.74) is 7.76. The van der Waals surface area contributed by atoms with E-state index < -0.39 is 0 Å². The fourth-order valence-electron chi connectivity index (χ4n) is 6.83. The number of anilines is 3. The van der Waals surface area contributed by atoms with Gasteiger partial charge in [0, 0.05) is 68.5 Å². The Hall–Kier alpha value is -5.66. The second-order valence-corrected chi connectivity index (χ2v) is 15.2. The minimum atomic E-state index is 0.746. The molecular weight excluding hydrogens is 667 g/mol. The monoisotopic (exact) mass is 693 g/mol. The van der Waals surface area contributed by atoms with E-state index in [1.54, 1.807) is 0 Å². The molecule has 3 aromatic heterocycles. The van der Waals surface area contributed by atoms with Crippen LogP contribution in [0.15, 0.2) is 164 Å². The highest BCUT2D eigenvalue weighted by Crippen LogP contribution is 2.42. The van der Waals surface area contributed by atoms with E-state index in [1.807, 2.05) is 22.7 Å². The lowest BCUT2D eigenvalue weighted by Crippen LogP contribution is -2.10. The van der Waals surface area contributed by atoms with Gasteiger partial charge in [-0.2, -0.15) is 4.37 Å². The number of fused-ring (bicyclic) bond motifs is 6. The third-order valence-electron chi connectivity index (χ3n) is 9.26. The lowest BCUT2D eigenvalue weighted by Gasteiger charge is -2.26. The molecule has 0 unspecified atom stereocenters. The Kier molecular flexibility index (Phi) is 7.05. The van der Waals surface area contributed by atoms with Crippen molar-refractivity contribution in [2.45, 2.75) is 0 Å². The molecule has 0 saturated carbocycles. The van der Waals surface area contributed by atoms with Gasteiger partial charge in [0.25, 0.3) is 0 Å². The zero-order valence-corrected chi connectivity index (χ0v) is 29.1. The van der Waals surface area contributed by atoms with Gasteiger partial charge in [-0.05, 0) is 102 Å². The van der Waals surface area contributed by atoms with Crippen molar-refractivity contribution in [2.75, 3.05) is 4.90 Å². The Balaban J connectivity index is 1.04. The van der Waals surface area contributed by atoms with E-state index in [0.29, 0.717) is 0 Å². The summed E-state index contributed by atoms with van der Waals surface area (Å²) in [6.07, 6.45) is 0. The summed E-state index contributed by atoms with van der Waals surface area (Å²) in [4.78, 5) is 7.36. The van der Waals surface area contributed by atoms with Gasteiger partial charge >= 0.3 is 0 Å². The van der Waals surface area contributed by atoms with Crippen molar-refractivity contribution in [3.05, 3.63) is 164 Å². The fraction of sp³-hybridized carbons (Fsp3) is 0. The molecule has 10 rings (SSSR count). The molecule has 0 amide bonds. The molecule has 0 fully saturated rings. The number of hydrogen-bond acceptors (Lipinski definition) is 6. The van der Waals surface area contributed by atoms with Gasteiger partial charge in [0.1, 0.15) is 5.01 Å². The molecule has 0 aliphatic heterocycles. The van der Waals surface area contributed by atoms with Gasteiger partial charge in [-0.3, -0.25) is 0 Å². The Bertz CT molecular complexity index is 2830. The van der Waals surface area contributed by atoms with E-state index in [0.717, 1.165) is 39.0 Å².